The van der Waals surface area contributed by atoms with Crippen LogP contribution in [0.15, 0.2) is 140 Å². The third-order valence-electron chi connectivity index (χ3n) is 11.5. The average Bonchev–Trinajstić information content (AvgIpc) is 3.63. The van der Waals surface area contributed by atoms with E-state index in [9.17, 15) is 0 Å². The molecule has 3 heterocycles. The third-order valence-corrected chi connectivity index (χ3v) is 11.5. The highest BCUT2D eigenvalue weighted by molar-refractivity contribution is 5.99. The number of nitrogens with zero attached hydrogens (tertiary/aromatic N) is 6. The summed E-state index contributed by atoms with van der Waals surface area (Å²) < 4.78 is 0. The third kappa shape index (κ3) is 7.79. The van der Waals surface area contributed by atoms with E-state index in [4.69, 9.17) is 29.9 Å². The number of benzene rings is 5. The van der Waals surface area contributed by atoms with E-state index in [1.807, 2.05) is 18.2 Å². The maximum Gasteiger partial charge on any atom is 0.161 e. The lowest BCUT2D eigenvalue weighted by Gasteiger charge is -2.25. The minimum absolute atomic E-state index is 0.272. The van der Waals surface area contributed by atoms with Crippen molar-refractivity contribution in [2.24, 2.45) is 0 Å². The molecule has 1 aliphatic carbocycles. The Balaban J connectivity index is 1.48. The van der Waals surface area contributed by atoms with Gasteiger partial charge in [-0.2, -0.15) is 0 Å². The van der Waals surface area contributed by atoms with Crippen molar-refractivity contribution in [2.45, 2.75) is 85.0 Å². The second kappa shape index (κ2) is 15.1. The molecule has 0 N–H and O–H groups in total. The van der Waals surface area contributed by atoms with Crippen LogP contribution in [0, 0.1) is 0 Å². The molecule has 0 fully saturated rings. The van der Waals surface area contributed by atoms with Gasteiger partial charge >= 0.3 is 0 Å². The molecule has 0 amide bonds. The Morgan fingerprint density at radius 3 is 1.16 bits per heavy atom. The average molecular weight is 797 g/mol. The lowest BCUT2D eigenvalue weighted by molar-refractivity contribution is 0.567. The first kappa shape index (κ1) is 39.8. The molecule has 0 radical (unpaired) electrons. The number of aromatic nitrogens is 6. The highest BCUT2D eigenvalue weighted by Gasteiger charge is 2.33. The van der Waals surface area contributed by atoms with Crippen LogP contribution in [0.25, 0.3) is 79.1 Å². The first-order valence-electron chi connectivity index (χ1n) is 21.3. The minimum atomic E-state index is -0.291. The van der Waals surface area contributed by atoms with Crippen LogP contribution < -0.4 is 0 Å². The molecule has 9 rings (SSSR count). The van der Waals surface area contributed by atoms with Gasteiger partial charge in [-0.05, 0) is 52.9 Å². The number of hydrogen-bond donors (Lipinski definition) is 0. The Kier molecular flexibility index (Phi) is 9.85. The molecular weight excluding hydrogens is 745 g/mol. The van der Waals surface area contributed by atoms with Gasteiger partial charge in [0.2, 0.25) is 0 Å². The fraction of sp³-hybridized carbons (Fsp3) is 0.236. The van der Waals surface area contributed by atoms with Gasteiger partial charge in [0.05, 0.1) is 34.2 Å². The van der Waals surface area contributed by atoms with E-state index in [1.54, 1.807) is 0 Å². The standard InChI is InChI=1S/C55H52N6/c1-53(2,3)45-31-42(34-21-13-10-14-22-34)56-50(59-45)41-30-39-38-28-20-19-27-37(38)29-40(39)48(51-57-43(35-23-15-11-16-24-35)32-46(60-51)54(4,5)6)49(41)52-58-44(36-25-17-12-18-26-36)33-47(61-52)55(7,8)9/h10-28,30-33H,29H2,1-9H3. The van der Waals surface area contributed by atoms with Crippen LogP contribution >= 0.6 is 0 Å². The van der Waals surface area contributed by atoms with Crippen molar-refractivity contribution >= 4 is 0 Å². The summed E-state index contributed by atoms with van der Waals surface area (Å²) in [6.07, 6.45) is 0.709. The molecule has 61 heavy (non-hydrogen) atoms. The molecule has 3 aromatic heterocycles. The van der Waals surface area contributed by atoms with Gasteiger partial charge in [0.25, 0.3) is 0 Å². The highest BCUT2D eigenvalue weighted by atomic mass is 14.9. The van der Waals surface area contributed by atoms with Crippen LogP contribution in [0.4, 0.5) is 0 Å². The Morgan fingerprint density at radius 2 is 0.721 bits per heavy atom. The van der Waals surface area contributed by atoms with Crippen LogP contribution in [0.1, 0.15) is 90.5 Å². The largest absolute Gasteiger partial charge is 0.232 e. The van der Waals surface area contributed by atoms with Gasteiger partial charge < -0.3 is 0 Å². The van der Waals surface area contributed by atoms with E-state index in [0.29, 0.717) is 23.9 Å². The second-order valence-corrected chi connectivity index (χ2v) is 19.3. The molecule has 0 saturated heterocycles. The topological polar surface area (TPSA) is 77.3 Å². The van der Waals surface area contributed by atoms with E-state index in [0.717, 1.165) is 78.7 Å². The van der Waals surface area contributed by atoms with Crippen molar-refractivity contribution in [3.8, 4) is 79.1 Å². The smallest absolute Gasteiger partial charge is 0.161 e. The molecule has 6 nitrogen and oxygen atoms in total. The zero-order valence-electron chi connectivity index (χ0n) is 36.7. The van der Waals surface area contributed by atoms with E-state index >= 15 is 0 Å². The molecule has 0 saturated carbocycles. The molecule has 6 heteroatoms. The summed E-state index contributed by atoms with van der Waals surface area (Å²) in [6, 6.07) is 48.6. The van der Waals surface area contributed by atoms with Gasteiger partial charge in [-0.1, -0.05) is 178 Å². The van der Waals surface area contributed by atoms with Crippen molar-refractivity contribution in [2.75, 3.05) is 0 Å². The maximum absolute atomic E-state index is 5.53. The Morgan fingerprint density at radius 1 is 0.344 bits per heavy atom. The fourth-order valence-electron chi connectivity index (χ4n) is 8.04. The van der Waals surface area contributed by atoms with Crippen LogP contribution in [0.3, 0.4) is 0 Å². The summed E-state index contributed by atoms with van der Waals surface area (Å²) in [4.78, 5) is 33.0. The Bertz CT molecular complexity index is 2920. The molecule has 1 aliphatic rings. The molecule has 5 aromatic carbocycles. The fourth-order valence-corrected chi connectivity index (χ4v) is 8.04. The molecule has 0 atom stereocenters. The summed E-state index contributed by atoms with van der Waals surface area (Å²) in [7, 11) is 0. The lowest BCUT2D eigenvalue weighted by Crippen LogP contribution is -2.17. The van der Waals surface area contributed by atoms with Crippen molar-refractivity contribution < 1.29 is 0 Å². The summed E-state index contributed by atoms with van der Waals surface area (Å²) in [5.41, 5.74) is 14.9. The van der Waals surface area contributed by atoms with Crippen molar-refractivity contribution in [3.05, 3.63) is 168 Å². The predicted octanol–water partition coefficient (Wildman–Crippen LogP) is 13.5. The zero-order valence-corrected chi connectivity index (χ0v) is 36.7. The molecule has 0 bridgehead atoms. The molecule has 0 spiro atoms. The predicted molar refractivity (Wildman–Crippen MR) is 250 cm³/mol. The van der Waals surface area contributed by atoms with Gasteiger partial charge in [-0.3, -0.25) is 0 Å². The van der Waals surface area contributed by atoms with Gasteiger partial charge in [0, 0.05) is 49.6 Å². The first-order valence-corrected chi connectivity index (χ1v) is 21.3. The van der Waals surface area contributed by atoms with Crippen LogP contribution in [-0.2, 0) is 22.7 Å². The van der Waals surface area contributed by atoms with Gasteiger partial charge in [-0.25, -0.2) is 29.9 Å². The van der Waals surface area contributed by atoms with E-state index in [2.05, 4.69) is 184 Å². The summed E-state index contributed by atoms with van der Waals surface area (Å²) in [5, 5.41) is 0. The van der Waals surface area contributed by atoms with E-state index in [1.165, 1.54) is 11.1 Å². The quantitative estimate of drug-likeness (QED) is 0.167. The second-order valence-electron chi connectivity index (χ2n) is 19.3. The van der Waals surface area contributed by atoms with Crippen LogP contribution in [0.5, 0.6) is 0 Å². The van der Waals surface area contributed by atoms with Gasteiger partial charge in [0.15, 0.2) is 17.5 Å². The summed E-state index contributed by atoms with van der Waals surface area (Å²) in [5.74, 6) is 1.83. The normalized spacial score (nSPS) is 12.6. The zero-order chi connectivity index (χ0) is 42.7. The molecule has 0 aliphatic heterocycles. The minimum Gasteiger partial charge on any atom is -0.232 e. The number of fused-ring (bicyclic) bond motifs is 3. The van der Waals surface area contributed by atoms with Crippen LogP contribution in [-0.4, -0.2) is 29.9 Å². The Labute approximate surface area is 360 Å². The highest BCUT2D eigenvalue weighted by Crippen LogP contribution is 2.50. The monoisotopic (exact) mass is 796 g/mol. The first-order chi connectivity index (χ1) is 29.1. The van der Waals surface area contributed by atoms with Crippen molar-refractivity contribution in [1.82, 2.24) is 29.9 Å². The molecular formula is C55H52N6. The maximum atomic E-state index is 5.53. The number of rotatable bonds is 6. The van der Waals surface area contributed by atoms with E-state index < -0.39 is 0 Å². The summed E-state index contributed by atoms with van der Waals surface area (Å²) in [6.45, 7) is 19.9. The van der Waals surface area contributed by atoms with E-state index in [-0.39, 0.29) is 16.2 Å². The molecule has 302 valence electrons. The van der Waals surface area contributed by atoms with Crippen LogP contribution in [0.2, 0.25) is 0 Å². The number of hydrogen-bond acceptors (Lipinski definition) is 6. The SMILES string of the molecule is CC(C)(C)c1cc(-c2ccccc2)nc(-c2cc3c(c(-c4nc(-c5ccccc5)cc(C(C)(C)C)n4)c2-c2nc(-c4ccccc4)cc(C(C)(C)C)n2)Cc2ccccc2-3)n1. The van der Waals surface area contributed by atoms with Gasteiger partial charge in [0.1, 0.15) is 0 Å². The Hall–Kier alpha value is -6.66. The summed E-state index contributed by atoms with van der Waals surface area (Å²) >= 11 is 0. The lowest BCUT2D eigenvalue weighted by atomic mass is 9.87. The van der Waals surface area contributed by atoms with Crippen molar-refractivity contribution in [3.63, 3.8) is 0 Å². The van der Waals surface area contributed by atoms with Gasteiger partial charge in [-0.15, -0.1) is 0 Å². The molecule has 8 aromatic rings. The van der Waals surface area contributed by atoms with Crippen molar-refractivity contribution in [1.29, 1.82) is 0 Å². The molecule has 0 unspecified atom stereocenters.